The Balaban J connectivity index is 2.53. The van der Waals surface area contributed by atoms with E-state index < -0.39 is 12.0 Å². The van der Waals surface area contributed by atoms with E-state index in [1.54, 1.807) is 4.90 Å². The number of nitrogens with one attached hydrogen (secondary N) is 1. The quantitative estimate of drug-likeness (QED) is 0.688. The number of carboxylic acid groups (broad SMARTS) is 1. The third-order valence-corrected chi connectivity index (χ3v) is 3.58. The van der Waals surface area contributed by atoms with Crippen molar-refractivity contribution >= 4 is 12.0 Å². The number of aliphatic carboxylic acids is 1. The SMILES string of the molecule is CCC(C)C(NC(=O)N1CCC(N)CC1)C(=O)O. The van der Waals surface area contributed by atoms with Crippen LogP contribution in [-0.2, 0) is 4.79 Å². The zero-order valence-corrected chi connectivity index (χ0v) is 11.1. The molecule has 1 aliphatic rings. The molecule has 0 aromatic rings. The van der Waals surface area contributed by atoms with E-state index >= 15 is 0 Å². The third kappa shape index (κ3) is 3.87. The number of amides is 2. The Morgan fingerprint density at radius 3 is 2.44 bits per heavy atom. The van der Waals surface area contributed by atoms with Crippen molar-refractivity contribution in [3.05, 3.63) is 0 Å². The highest BCUT2D eigenvalue weighted by atomic mass is 16.4. The van der Waals surface area contributed by atoms with Crippen molar-refractivity contribution in [1.29, 1.82) is 0 Å². The molecule has 0 aromatic heterocycles. The number of piperidine rings is 1. The van der Waals surface area contributed by atoms with Crippen molar-refractivity contribution in [3.8, 4) is 0 Å². The lowest BCUT2D eigenvalue weighted by atomic mass is 9.99. The molecule has 1 rings (SSSR count). The van der Waals surface area contributed by atoms with Crippen molar-refractivity contribution < 1.29 is 14.7 Å². The Kier molecular flexibility index (Phi) is 5.40. The van der Waals surface area contributed by atoms with Crippen LogP contribution in [-0.4, -0.2) is 47.2 Å². The van der Waals surface area contributed by atoms with Gasteiger partial charge in [-0.2, -0.15) is 0 Å². The Labute approximate surface area is 108 Å². The molecule has 0 radical (unpaired) electrons. The van der Waals surface area contributed by atoms with Crippen LogP contribution in [0.5, 0.6) is 0 Å². The number of hydrogen-bond acceptors (Lipinski definition) is 3. The third-order valence-electron chi connectivity index (χ3n) is 3.58. The minimum atomic E-state index is -0.980. The van der Waals surface area contributed by atoms with Crippen LogP contribution in [0.2, 0.25) is 0 Å². The topological polar surface area (TPSA) is 95.7 Å². The minimum absolute atomic E-state index is 0.0847. The zero-order chi connectivity index (χ0) is 13.7. The second-order valence-electron chi connectivity index (χ2n) is 4.98. The van der Waals surface area contributed by atoms with Crippen LogP contribution in [0, 0.1) is 5.92 Å². The summed E-state index contributed by atoms with van der Waals surface area (Å²) in [5.74, 6) is -1.06. The van der Waals surface area contributed by atoms with E-state index in [1.165, 1.54) is 0 Å². The van der Waals surface area contributed by atoms with Crippen LogP contribution in [0.25, 0.3) is 0 Å². The fraction of sp³-hybridized carbons (Fsp3) is 0.833. The summed E-state index contributed by atoms with van der Waals surface area (Å²) in [5, 5.41) is 11.7. The second-order valence-corrected chi connectivity index (χ2v) is 4.98. The number of nitrogens with two attached hydrogens (primary N) is 1. The molecule has 2 amide bonds. The molecule has 1 saturated heterocycles. The Morgan fingerprint density at radius 1 is 1.44 bits per heavy atom. The predicted octanol–water partition coefficient (Wildman–Crippen LogP) is 0.618. The van der Waals surface area contributed by atoms with Crippen LogP contribution in [0.4, 0.5) is 4.79 Å². The standard InChI is InChI=1S/C12H23N3O3/c1-3-8(2)10(11(16)17)14-12(18)15-6-4-9(13)5-7-15/h8-10H,3-7,13H2,1-2H3,(H,14,18)(H,16,17). The second kappa shape index (κ2) is 6.58. The van der Waals surface area contributed by atoms with Crippen LogP contribution in [0.1, 0.15) is 33.1 Å². The summed E-state index contributed by atoms with van der Waals surface area (Å²) in [4.78, 5) is 24.7. The average molecular weight is 257 g/mol. The highest BCUT2D eigenvalue weighted by Crippen LogP contribution is 2.11. The first-order valence-electron chi connectivity index (χ1n) is 6.49. The number of rotatable bonds is 4. The Hall–Kier alpha value is -1.30. The predicted molar refractivity (Wildman–Crippen MR) is 68.2 cm³/mol. The Morgan fingerprint density at radius 2 is 2.00 bits per heavy atom. The van der Waals surface area contributed by atoms with Crippen molar-refractivity contribution in [1.82, 2.24) is 10.2 Å². The molecular weight excluding hydrogens is 234 g/mol. The van der Waals surface area contributed by atoms with Crippen LogP contribution in [0.3, 0.4) is 0 Å². The summed E-state index contributed by atoms with van der Waals surface area (Å²) in [6, 6.07) is -0.966. The molecular formula is C12H23N3O3. The first-order chi connectivity index (χ1) is 8.45. The molecule has 1 fully saturated rings. The summed E-state index contributed by atoms with van der Waals surface area (Å²) in [6.45, 7) is 4.93. The number of carbonyl (C=O) groups excluding carboxylic acids is 1. The van der Waals surface area contributed by atoms with E-state index in [0.29, 0.717) is 19.5 Å². The van der Waals surface area contributed by atoms with Gasteiger partial charge in [0.2, 0.25) is 0 Å². The summed E-state index contributed by atoms with van der Waals surface area (Å²) >= 11 is 0. The molecule has 18 heavy (non-hydrogen) atoms. The number of nitrogens with zero attached hydrogens (tertiary/aromatic N) is 1. The molecule has 0 aromatic carbocycles. The molecule has 6 nitrogen and oxygen atoms in total. The number of carbonyl (C=O) groups is 2. The van der Waals surface area contributed by atoms with Gasteiger partial charge in [0.05, 0.1) is 0 Å². The number of hydrogen-bond donors (Lipinski definition) is 3. The number of likely N-dealkylation sites (tertiary alicyclic amines) is 1. The van der Waals surface area contributed by atoms with Crippen molar-refractivity contribution in [2.75, 3.05) is 13.1 Å². The molecule has 4 N–H and O–H groups in total. The average Bonchev–Trinajstić information content (AvgIpc) is 2.35. The molecule has 2 atom stereocenters. The summed E-state index contributed by atoms with van der Waals surface area (Å²) in [7, 11) is 0. The lowest BCUT2D eigenvalue weighted by molar-refractivity contribution is -0.140. The first kappa shape index (κ1) is 14.8. The van der Waals surface area contributed by atoms with Gasteiger partial charge in [-0.05, 0) is 18.8 Å². The fourth-order valence-corrected chi connectivity index (χ4v) is 2.01. The summed E-state index contributed by atoms with van der Waals surface area (Å²) in [6.07, 6.45) is 2.26. The summed E-state index contributed by atoms with van der Waals surface area (Å²) < 4.78 is 0. The lowest BCUT2D eigenvalue weighted by Crippen LogP contribution is -2.53. The van der Waals surface area contributed by atoms with Gasteiger partial charge in [0.1, 0.15) is 6.04 Å². The molecule has 0 spiro atoms. The van der Waals surface area contributed by atoms with Crippen LogP contribution < -0.4 is 11.1 Å². The summed E-state index contributed by atoms with van der Waals surface area (Å²) in [5.41, 5.74) is 5.76. The highest BCUT2D eigenvalue weighted by molar-refractivity contribution is 5.82. The largest absolute Gasteiger partial charge is 0.480 e. The molecule has 1 aliphatic heterocycles. The first-order valence-corrected chi connectivity index (χ1v) is 6.49. The van der Waals surface area contributed by atoms with E-state index in [-0.39, 0.29) is 18.0 Å². The highest BCUT2D eigenvalue weighted by Gasteiger charge is 2.28. The van der Waals surface area contributed by atoms with Gasteiger partial charge in [0.15, 0.2) is 0 Å². The van der Waals surface area contributed by atoms with E-state index in [9.17, 15) is 9.59 Å². The zero-order valence-electron chi connectivity index (χ0n) is 11.1. The van der Waals surface area contributed by atoms with Crippen LogP contribution >= 0.6 is 0 Å². The van der Waals surface area contributed by atoms with E-state index in [4.69, 9.17) is 10.8 Å². The van der Waals surface area contributed by atoms with E-state index in [1.807, 2.05) is 13.8 Å². The van der Waals surface area contributed by atoms with Gasteiger partial charge < -0.3 is 21.1 Å². The number of carboxylic acids is 1. The molecule has 0 aliphatic carbocycles. The van der Waals surface area contributed by atoms with Gasteiger partial charge in [-0.15, -0.1) is 0 Å². The van der Waals surface area contributed by atoms with Gasteiger partial charge in [0, 0.05) is 19.1 Å². The van der Waals surface area contributed by atoms with Crippen molar-refractivity contribution in [2.45, 2.75) is 45.2 Å². The van der Waals surface area contributed by atoms with Crippen molar-refractivity contribution in [2.24, 2.45) is 11.7 Å². The van der Waals surface area contributed by atoms with Gasteiger partial charge >= 0.3 is 12.0 Å². The van der Waals surface area contributed by atoms with Gasteiger partial charge in [-0.1, -0.05) is 20.3 Å². The smallest absolute Gasteiger partial charge is 0.326 e. The van der Waals surface area contributed by atoms with Crippen LogP contribution in [0.15, 0.2) is 0 Å². The van der Waals surface area contributed by atoms with E-state index in [2.05, 4.69) is 5.32 Å². The van der Waals surface area contributed by atoms with Gasteiger partial charge in [-0.25, -0.2) is 9.59 Å². The minimum Gasteiger partial charge on any atom is -0.480 e. The van der Waals surface area contributed by atoms with Gasteiger partial charge in [0.25, 0.3) is 0 Å². The molecule has 6 heteroatoms. The monoisotopic (exact) mass is 257 g/mol. The Bertz CT molecular complexity index is 301. The normalized spacial score (nSPS) is 20.3. The van der Waals surface area contributed by atoms with Gasteiger partial charge in [-0.3, -0.25) is 0 Å². The maximum Gasteiger partial charge on any atom is 0.326 e. The van der Waals surface area contributed by atoms with Crippen molar-refractivity contribution in [3.63, 3.8) is 0 Å². The molecule has 2 unspecified atom stereocenters. The molecule has 1 heterocycles. The number of urea groups is 1. The van der Waals surface area contributed by atoms with E-state index in [0.717, 1.165) is 12.8 Å². The molecule has 0 bridgehead atoms. The molecule has 0 saturated carbocycles. The maximum atomic E-state index is 12.0. The molecule has 104 valence electrons. The maximum absolute atomic E-state index is 12.0. The lowest BCUT2D eigenvalue weighted by Gasteiger charge is -2.32. The fourth-order valence-electron chi connectivity index (χ4n) is 2.01.